The van der Waals surface area contributed by atoms with Gasteiger partial charge in [0.05, 0.1) is 24.4 Å². The summed E-state index contributed by atoms with van der Waals surface area (Å²) in [5.74, 6) is 1.40. The summed E-state index contributed by atoms with van der Waals surface area (Å²) in [5, 5.41) is 22.7. The molecule has 186 valence electrons. The zero-order valence-corrected chi connectivity index (χ0v) is 22.2. The molecule has 3 heteroatoms. The number of aliphatic hydroxyl groups excluding tert-OH is 2. The van der Waals surface area contributed by atoms with Crippen molar-refractivity contribution in [3.63, 3.8) is 0 Å². The molecule has 0 amide bonds. The SMILES string of the molecule is CC1(C)CC[C@]23CO[C@@]4(C=C[C@@H]5[C@@]6(C)CC[C@@H](O)C(C)(C)[C@@H]6CC[C@@]5(C)[C@]4(C)C[C@@H]2O)[C@@H]3C1. The zero-order chi connectivity index (χ0) is 23.9. The molecule has 1 spiro atoms. The van der Waals surface area contributed by atoms with Crippen LogP contribution >= 0.6 is 0 Å². The molecule has 33 heavy (non-hydrogen) atoms. The van der Waals surface area contributed by atoms with E-state index in [9.17, 15) is 10.2 Å². The number of ether oxygens (including phenoxy) is 1. The average molecular weight is 457 g/mol. The summed E-state index contributed by atoms with van der Waals surface area (Å²) in [5.41, 5.74) is 0.154. The fourth-order valence-electron chi connectivity index (χ4n) is 11.3. The van der Waals surface area contributed by atoms with Gasteiger partial charge in [0.1, 0.15) is 0 Å². The highest BCUT2D eigenvalue weighted by molar-refractivity contribution is 5.35. The molecular formula is C30H48O3. The van der Waals surface area contributed by atoms with Crippen molar-refractivity contribution < 1.29 is 14.9 Å². The van der Waals surface area contributed by atoms with Crippen molar-refractivity contribution in [1.29, 1.82) is 0 Å². The van der Waals surface area contributed by atoms with Crippen LogP contribution < -0.4 is 0 Å². The summed E-state index contributed by atoms with van der Waals surface area (Å²) in [6.07, 6.45) is 13.3. The van der Waals surface area contributed by atoms with E-state index in [1.54, 1.807) is 0 Å². The second-order valence-corrected chi connectivity index (χ2v) is 15.5. The molecule has 6 aliphatic rings. The van der Waals surface area contributed by atoms with Gasteiger partial charge in [-0.1, -0.05) is 60.6 Å². The third-order valence-electron chi connectivity index (χ3n) is 13.6. The van der Waals surface area contributed by atoms with E-state index in [2.05, 4.69) is 60.6 Å². The van der Waals surface area contributed by atoms with Crippen LogP contribution in [-0.2, 0) is 4.74 Å². The standard InChI is InChI=1S/C30H48O3/c1-24(2)14-15-29-18-33-30(21(29)16-24)13-9-20-26(5)11-10-22(31)25(3,4)19(26)8-12-27(20,6)28(30,7)17-23(29)32/h9,13,19-23,31-32H,8,10-12,14-18H2,1-7H3/t19-,20+,21+,22+,23-,26-,27+,28-,29+,30-/m0/s1. The van der Waals surface area contributed by atoms with Crippen molar-refractivity contribution in [3.05, 3.63) is 12.2 Å². The minimum atomic E-state index is -0.265. The Bertz CT molecular complexity index is 891. The molecule has 0 aromatic carbocycles. The van der Waals surface area contributed by atoms with Crippen molar-refractivity contribution in [3.8, 4) is 0 Å². The molecule has 0 aromatic heterocycles. The quantitative estimate of drug-likeness (QED) is 0.431. The third kappa shape index (κ3) is 2.40. The Labute approximate surface area is 201 Å². The van der Waals surface area contributed by atoms with Crippen LogP contribution in [-0.4, -0.2) is 34.6 Å². The number of fused-ring (bicyclic) bond motifs is 4. The third-order valence-corrected chi connectivity index (χ3v) is 13.6. The maximum absolute atomic E-state index is 11.8. The van der Waals surface area contributed by atoms with Crippen LogP contribution in [0.4, 0.5) is 0 Å². The highest BCUT2D eigenvalue weighted by Crippen LogP contribution is 2.79. The first-order chi connectivity index (χ1) is 15.2. The van der Waals surface area contributed by atoms with E-state index in [0.29, 0.717) is 23.2 Å². The summed E-state index contributed by atoms with van der Waals surface area (Å²) in [6.45, 7) is 17.8. The molecule has 2 bridgehead atoms. The molecule has 0 radical (unpaired) electrons. The lowest BCUT2D eigenvalue weighted by molar-refractivity contribution is -0.256. The van der Waals surface area contributed by atoms with Crippen LogP contribution in [0.25, 0.3) is 0 Å². The monoisotopic (exact) mass is 456 g/mol. The molecule has 1 heterocycles. The second-order valence-electron chi connectivity index (χ2n) is 15.5. The Balaban J connectivity index is 1.50. The lowest BCUT2D eigenvalue weighted by Crippen LogP contribution is -2.72. The number of aliphatic hydroxyl groups is 2. The Morgan fingerprint density at radius 2 is 1.52 bits per heavy atom. The van der Waals surface area contributed by atoms with Gasteiger partial charge in [-0.15, -0.1) is 0 Å². The van der Waals surface area contributed by atoms with E-state index < -0.39 is 0 Å². The summed E-state index contributed by atoms with van der Waals surface area (Å²) in [4.78, 5) is 0. The molecule has 5 fully saturated rings. The fraction of sp³-hybridized carbons (Fsp3) is 0.933. The molecule has 10 atom stereocenters. The fourth-order valence-corrected chi connectivity index (χ4v) is 11.3. The van der Waals surface area contributed by atoms with Gasteiger partial charge in [-0.2, -0.15) is 0 Å². The molecule has 1 aliphatic heterocycles. The molecule has 1 saturated heterocycles. The molecule has 3 nitrogen and oxygen atoms in total. The smallest absolute Gasteiger partial charge is 0.0957 e. The maximum atomic E-state index is 11.8. The summed E-state index contributed by atoms with van der Waals surface area (Å²) in [6, 6.07) is 0. The first-order valence-corrected chi connectivity index (χ1v) is 13.9. The number of hydrogen-bond donors (Lipinski definition) is 2. The van der Waals surface area contributed by atoms with Gasteiger partial charge in [0.15, 0.2) is 0 Å². The highest BCUT2D eigenvalue weighted by Gasteiger charge is 2.78. The normalized spacial score (nSPS) is 60.3. The molecule has 5 aliphatic carbocycles. The molecule has 0 aromatic rings. The second kappa shape index (κ2) is 6.30. The van der Waals surface area contributed by atoms with Crippen LogP contribution in [0.2, 0.25) is 0 Å². The summed E-state index contributed by atoms with van der Waals surface area (Å²) in [7, 11) is 0. The van der Waals surface area contributed by atoms with E-state index in [1.165, 1.54) is 12.8 Å². The van der Waals surface area contributed by atoms with Gasteiger partial charge in [0, 0.05) is 16.7 Å². The minimum absolute atomic E-state index is 0.0449. The van der Waals surface area contributed by atoms with Gasteiger partial charge >= 0.3 is 0 Å². The predicted molar refractivity (Wildman–Crippen MR) is 132 cm³/mol. The molecule has 0 unspecified atom stereocenters. The van der Waals surface area contributed by atoms with Gasteiger partial charge in [0.25, 0.3) is 0 Å². The van der Waals surface area contributed by atoms with Crippen LogP contribution in [0.5, 0.6) is 0 Å². The molecular weight excluding hydrogens is 408 g/mol. The van der Waals surface area contributed by atoms with E-state index in [-0.39, 0.29) is 44.9 Å². The Morgan fingerprint density at radius 3 is 2.24 bits per heavy atom. The summed E-state index contributed by atoms with van der Waals surface area (Å²) < 4.78 is 7.03. The number of hydrogen-bond acceptors (Lipinski definition) is 3. The van der Waals surface area contributed by atoms with Crippen molar-refractivity contribution in [2.24, 2.45) is 50.2 Å². The van der Waals surface area contributed by atoms with Gasteiger partial charge in [-0.05, 0) is 84.9 Å². The summed E-state index contributed by atoms with van der Waals surface area (Å²) >= 11 is 0. The Kier molecular flexibility index (Phi) is 4.40. The van der Waals surface area contributed by atoms with Gasteiger partial charge < -0.3 is 14.9 Å². The van der Waals surface area contributed by atoms with Gasteiger partial charge in [0.2, 0.25) is 0 Å². The topological polar surface area (TPSA) is 49.7 Å². The van der Waals surface area contributed by atoms with Crippen molar-refractivity contribution in [1.82, 2.24) is 0 Å². The Hall–Kier alpha value is -0.380. The van der Waals surface area contributed by atoms with E-state index in [4.69, 9.17) is 4.74 Å². The van der Waals surface area contributed by atoms with Crippen molar-refractivity contribution >= 4 is 0 Å². The lowest BCUT2D eigenvalue weighted by Gasteiger charge is -2.73. The van der Waals surface area contributed by atoms with Crippen LogP contribution in [0.1, 0.15) is 99.8 Å². The molecule has 2 N–H and O–H groups in total. The zero-order valence-electron chi connectivity index (χ0n) is 22.2. The minimum Gasteiger partial charge on any atom is -0.393 e. The van der Waals surface area contributed by atoms with Gasteiger partial charge in [-0.25, -0.2) is 0 Å². The largest absolute Gasteiger partial charge is 0.393 e. The van der Waals surface area contributed by atoms with Crippen LogP contribution in [0.3, 0.4) is 0 Å². The first-order valence-electron chi connectivity index (χ1n) is 13.9. The first kappa shape index (κ1) is 23.0. The number of rotatable bonds is 0. The average Bonchev–Trinajstić information content (AvgIpc) is 2.99. The Morgan fingerprint density at radius 1 is 0.788 bits per heavy atom. The lowest BCUT2D eigenvalue weighted by atomic mass is 9.32. The maximum Gasteiger partial charge on any atom is 0.0957 e. The van der Waals surface area contributed by atoms with Crippen LogP contribution in [0.15, 0.2) is 12.2 Å². The number of allylic oxidation sites excluding steroid dienone is 1. The van der Waals surface area contributed by atoms with E-state index >= 15 is 0 Å². The molecule has 6 rings (SSSR count). The van der Waals surface area contributed by atoms with Crippen molar-refractivity contribution in [2.75, 3.05) is 6.61 Å². The van der Waals surface area contributed by atoms with Gasteiger partial charge in [-0.3, -0.25) is 0 Å². The van der Waals surface area contributed by atoms with Crippen molar-refractivity contribution in [2.45, 2.75) is 118 Å². The van der Waals surface area contributed by atoms with E-state index in [0.717, 1.165) is 45.1 Å². The molecule has 4 saturated carbocycles. The predicted octanol–water partition coefficient (Wildman–Crippen LogP) is 6.13. The van der Waals surface area contributed by atoms with E-state index in [1.807, 2.05) is 0 Å². The van der Waals surface area contributed by atoms with Crippen LogP contribution in [0, 0.1) is 50.2 Å². The highest BCUT2D eigenvalue weighted by atomic mass is 16.5.